The fourth-order valence-electron chi connectivity index (χ4n) is 2.94. The molecule has 0 unspecified atom stereocenters. The van der Waals surface area contributed by atoms with E-state index in [0.717, 1.165) is 43.9 Å². The van der Waals surface area contributed by atoms with Crippen molar-refractivity contribution in [2.24, 2.45) is 0 Å². The van der Waals surface area contributed by atoms with Gasteiger partial charge in [0.15, 0.2) is 0 Å². The van der Waals surface area contributed by atoms with E-state index in [-0.39, 0.29) is 5.82 Å². The number of benzene rings is 1. The van der Waals surface area contributed by atoms with Crippen LogP contribution in [0, 0.1) is 5.82 Å². The molecule has 1 aromatic carbocycles. The molecule has 21 heavy (non-hydrogen) atoms. The van der Waals surface area contributed by atoms with Crippen LogP contribution >= 0.6 is 0 Å². The molecule has 1 N–H and O–H groups in total. The lowest BCUT2D eigenvalue weighted by Crippen LogP contribution is -2.19. The van der Waals surface area contributed by atoms with E-state index in [9.17, 15) is 4.39 Å². The summed E-state index contributed by atoms with van der Waals surface area (Å²) in [7, 11) is 0. The molecule has 2 aromatic rings. The molecule has 1 aliphatic heterocycles. The van der Waals surface area contributed by atoms with Crippen LogP contribution in [0.2, 0.25) is 0 Å². The normalized spacial score (nSPS) is 14.7. The number of aryl methyl sites for hydroxylation is 1. The third-order valence-corrected chi connectivity index (χ3v) is 4.13. The quantitative estimate of drug-likeness (QED) is 0.901. The van der Waals surface area contributed by atoms with Crippen molar-refractivity contribution in [3.63, 3.8) is 0 Å². The molecular weight excluding hydrogens is 265 g/mol. The molecule has 3 rings (SSSR count). The summed E-state index contributed by atoms with van der Waals surface area (Å²) >= 11 is 0. The molecule has 112 valence electrons. The number of rotatable bonds is 5. The van der Waals surface area contributed by atoms with Gasteiger partial charge in [-0.1, -0.05) is 0 Å². The summed E-state index contributed by atoms with van der Waals surface area (Å²) in [4.78, 5) is 2.13. The van der Waals surface area contributed by atoms with Crippen LogP contribution in [-0.4, -0.2) is 17.7 Å². The Kier molecular flexibility index (Phi) is 4.13. The Morgan fingerprint density at radius 3 is 2.71 bits per heavy atom. The maximum Gasteiger partial charge on any atom is 0.148 e. The van der Waals surface area contributed by atoms with Gasteiger partial charge in [-0.15, -0.1) is 0 Å². The maximum atomic E-state index is 14.2. The second-order valence-electron chi connectivity index (χ2n) is 5.50. The molecular formula is C17H22FN3. The first-order valence-corrected chi connectivity index (χ1v) is 7.70. The average Bonchev–Trinajstić information content (AvgIpc) is 3.16. The lowest BCUT2D eigenvalue weighted by atomic mass is 10.2. The van der Waals surface area contributed by atoms with Gasteiger partial charge in [0, 0.05) is 37.2 Å². The molecule has 0 spiro atoms. The van der Waals surface area contributed by atoms with Gasteiger partial charge in [0.25, 0.3) is 0 Å². The molecule has 0 radical (unpaired) electrons. The van der Waals surface area contributed by atoms with Crippen LogP contribution in [0.1, 0.15) is 25.5 Å². The maximum absolute atomic E-state index is 14.2. The van der Waals surface area contributed by atoms with E-state index < -0.39 is 0 Å². The van der Waals surface area contributed by atoms with Crippen molar-refractivity contribution in [1.29, 1.82) is 0 Å². The lowest BCUT2D eigenvalue weighted by molar-refractivity contribution is 0.623. The Balaban J connectivity index is 1.67. The summed E-state index contributed by atoms with van der Waals surface area (Å²) in [6, 6.07) is 9.59. The Bertz CT molecular complexity index is 600. The zero-order chi connectivity index (χ0) is 14.7. The number of hydrogen-bond acceptors (Lipinski definition) is 2. The van der Waals surface area contributed by atoms with Crippen LogP contribution in [0.4, 0.5) is 15.8 Å². The number of hydrogen-bond donors (Lipinski definition) is 1. The van der Waals surface area contributed by atoms with Gasteiger partial charge < -0.3 is 14.8 Å². The summed E-state index contributed by atoms with van der Waals surface area (Å²) in [5, 5.41) is 3.30. The standard InChI is InChI=1S/C17H22FN3/c1-2-20-11-5-6-15(20)13-19-14-7-8-17(16(18)12-14)21-9-3-4-10-21/h5-8,11-12,19H,2-4,9-10,13H2,1H3. The molecule has 1 fully saturated rings. The topological polar surface area (TPSA) is 20.2 Å². The number of anilines is 2. The zero-order valence-corrected chi connectivity index (χ0v) is 12.5. The molecule has 1 aliphatic rings. The Labute approximate surface area is 125 Å². The van der Waals surface area contributed by atoms with Crippen molar-refractivity contribution in [2.75, 3.05) is 23.3 Å². The van der Waals surface area contributed by atoms with E-state index in [1.807, 2.05) is 18.2 Å². The second kappa shape index (κ2) is 6.20. The van der Waals surface area contributed by atoms with Gasteiger partial charge >= 0.3 is 0 Å². The van der Waals surface area contributed by atoms with E-state index in [2.05, 4.69) is 34.0 Å². The predicted molar refractivity (Wildman–Crippen MR) is 85.3 cm³/mol. The van der Waals surface area contributed by atoms with Crippen molar-refractivity contribution in [2.45, 2.75) is 32.9 Å². The summed E-state index contributed by atoms with van der Waals surface area (Å²) in [5.41, 5.74) is 2.77. The Morgan fingerprint density at radius 1 is 1.19 bits per heavy atom. The number of aromatic nitrogens is 1. The fraction of sp³-hybridized carbons (Fsp3) is 0.412. The molecule has 0 atom stereocenters. The van der Waals surface area contributed by atoms with Crippen molar-refractivity contribution >= 4 is 11.4 Å². The highest BCUT2D eigenvalue weighted by Gasteiger charge is 2.16. The van der Waals surface area contributed by atoms with Crippen molar-refractivity contribution in [1.82, 2.24) is 4.57 Å². The monoisotopic (exact) mass is 287 g/mol. The first kappa shape index (κ1) is 14.0. The highest BCUT2D eigenvalue weighted by Crippen LogP contribution is 2.26. The highest BCUT2D eigenvalue weighted by atomic mass is 19.1. The van der Waals surface area contributed by atoms with E-state index in [0.29, 0.717) is 6.54 Å². The van der Waals surface area contributed by atoms with E-state index in [1.54, 1.807) is 6.07 Å². The third-order valence-electron chi connectivity index (χ3n) is 4.13. The second-order valence-corrected chi connectivity index (χ2v) is 5.50. The van der Waals surface area contributed by atoms with Crippen LogP contribution in [0.15, 0.2) is 36.5 Å². The van der Waals surface area contributed by atoms with Crippen LogP contribution in [0.25, 0.3) is 0 Å². The van der Waals surface area contributed by atoms with Crippen LogP contribution in [-0.2, 0) is 13.1 Å². The van der Waals surface area contributed by atoms with Crippen LogP contribution in [0.3, 0.4) is 0 Å². The summed E-state index contributed by atoms with van der Waals surface area (Å²) in [6.45, 7) is 5.71. The van der Waals surface area contributed by atoms with Gasteiger partial charge in [-0.05, 0) is 50.1 Å². The first-order valence-electron chi connectivity index (χ1n) is 7.70. The van der Waals surface area contributed by atoms with Crippen molar-refractivity contribution < 1.29 is 4.39 Å². The fourth-order valence-corrected chi connectivity index (χ4v) is 2.94. The lowest BCUT2D eigenvalue weighted by Gasteiger charge is -2.19. The number of nitrogens with one attached hydrogen (secondary N) is 1. The van der Waals surface area contributed by atoms with E-state index in [4.69, 9.17) is 0 Å². The highest BCUT2D eigenvalue weighted by molar-refractivity contribution is 5.56. The molecule has 1 saturated heterocycles. The summed E-state index contributed by atoms with van der Waals surface area (Å²) in [5.74, 6) is -0.132. The minimum atomic E-state index is -0.132. The molecule has 0 saturated carbocycles. The number of nitrogens with zero attached hydrogens (tertiary/aromatic N) is 2. The zero-order valence-electron chi connectivity index (χ0n) is 12.5. The molecule has 0 bridgehead atoms. The SMILES string of the molecule is CCn1cccc1CNc1ccc(N2CCCC2)c(F)c1. The van der Waals surface area contributed by atoms with Gasteiger partial charge in [0.2, 0.25) is 0 Å². The molecule has 0 amide bonds. The van der Waals surface area contributed by atoms with Gasteiger partial charge in [-0.3, -0.25) is 0 Å². The first-order chi connectivity index (χ1) is 10.3. The van der Waals surface area contributed by atoms with Crippen molar-refractivity contribution in [3.8, 4) is 0 Å². The molecule has 1 aromatic heterocycles. The van der Waals surface area contributed by atoms with Gasteiger partial charge in [0.1, 0.15) is 5.82 Å². The van der Waals surface area contributed by atoms with E-state index >= 15 is 0 Å². The number of halogens is 1. The van der Waals surface area contributed by atoms with Crippen molar-refractivity contribution in [3.05, 3.63) is 48.0 Å². The summed E-state index contributed by atoms with van der Waals surface area (Å²) < 4.78 is 16.4. The predicted octanol–water partition coefficient (Wildman–Crippen LogP) is 3.86. The van der Waals surface area contributed by atoms with E-state index in [1.165, 1.54) is 5.69 Å². The Morgan fingerprint density at radius 2 is 2.00 bits per heavy atom. The Hall–Kier alpha value is -1.97. The van der Waals surface area contributed by atoms with Gasteiger partial charge in [0.05, 0.1) is 12.2 Å². The molecule has 2 heterocycles. The van der Waals surface area contributed by atoms with Gasteiger partial charge in [-0.2, -0.15) is 0 Å². The minimum absolute atomic E-state index is 0.132. The molecule has 3 nitrogen and oxygen atoms in total. The van der Waals surface area contributed by atoms with Gasteiger partial charge in [-0.25, -0.2) is 4.39 Å². The minimum Gasteiger partial charge on any atom is -0.379 e. The molecule has 0 aliphatic carbocycles. The van der Waals surface area contributed by atoms with Crippen LogP contribution in [0.5, 0.6) is 0 Å². The average molecular weight is 287 g/mol. The smallest absolute Gasteiger partial charge is 0.148 e. The van der Waals surface area contributed by atoms with Crippen LogP contribution < -0.4 is 10.2 Å². The molecule has 4 heteroatoms. The largest absolute Gasteiger partial charge is 0.379 e. The summed E-state index contributed by atoms with van der Waals surface area (Å²) in [6.07, 6.45) is 4.38. The third kappa shape index (κ3) is 3.04.